The average Bonchev–Trinajstić information content (AvgIpc) is 3.09. The molecular weight excluding hydrogens is 253 g/mol. The summed E-state index contributed by atoms with van der Waals surface area (Å²) >= 11 is 0. The maximum atomic E-state index is 14.4. The monoisotopic (exact) mass is 277 g/mol. The molecule has 3 heteroatoms. The van der Waals surface area contributed by atoms with Gasteiger partial charge in [0.25, 0.3) is 0 Å². The molecule has 3 rings (SSSR count). The van der Waals surface area contributed by atoms with Crippen molar-refractivity contribution in [1.29, 1.82) is 0 Å². The molecule has 1 aliphatic carbocycles. The Balaban J connectivity index is 1.83. The van der Waals surface area contributed by atoms with Crippen LogP contribution in [-0.2, 0) is 0 Å². The summed E-state index contributed by atoms with van der Waals surface area (Å²) in [6.07, 6.45) is 7.02. The minimum atomic E-state index is -0.609. The molecule has 1 saturated carbocycles. The molecule has 0 radical (unpaired) electrons. The van der Waals surface area contributed by atoms with Crippen molar-refractivity contribution in [2.24, 2.45) is 5.92 Å². The van der Waals surface area contributed by atoms with Crippen LogP contribution in [0.2, 0.25) is 0 Å². The fourth-order valence-corrected chi connectivity index (χ4v) is 3.94. The van der Waals surface area contributed by atoms with Crippen molar-refractivity contribution in [1.82, 2.24) is 0 Å². The topological polar surface area (TPSA) is 23.5 Å². The first-order chi connectivity index (χ1) is 9.66. The summed E-state index contributed by atoms with van der Waals surface area (Å²) in [5, 5.41) is 9.55. The summed E-state index contributed by atoms with van der Waals surface area (Å²) in [4.78, 5) is 2.27. The third-order valence-corrected chi connectivity index (χ3v) is 5.01. The largest absolute Gasteiger partial charge is 0.389 e. The Labute approximate surface area is 120 Å². The van der Waals surface area contributed by atoms with Crippen LogP contribution in [0.15, 0.2) is 18.2 Å². The van der Waals surface area contributed by atoms with Gasteiger partial charge in [-0.15, -0.1) is 0 Å². The van der Waals surface area contributed by atoms with Gasteiger partial charge in [-0.3, -0.25) is 0 Å². The number of aliphatic hydroxyl groups is 1. The minimum Gasteiger partial charge on any atom is -0.389 e. The van der Waals surface area contributed by atoms with E-state index >= 15 is 0 Å². The van der Waals surface area contributed by atoms with Crippen molar-refractivity contribution in [3.63, 3.8) is 0 Å². The molecule has 2 unspecified atom stereocenters. The highest BCUT2D eigenvalue weighted by Gasteiger charge is 2.34. The molecular formula is C17H24FNO. The summed E-state index contributed by atoms with van der Waals surface area (Å²) in [5.74, 6) is 0.557. The smallest absolute Gasteiger partial charge is 0.146 e. The van der Waals surface area contributed by atoms with Crippen LogP contribution in [0.3, 0.4) is 0 Å². The van der Waals surface area contributed by atoms with Crippen LogP contribution in [0.5, 0.6) is 0 Å². The lowest BCUT2D eigenvalue weighted by atomic mass is 9.95. The fraction of sp³-hybridized carbons (Fsp3) is 0.647. The van der Waals surface area contributed by atoms with E-state index in [0.717, 1.165) is 18.2 Å². The van der Waals surface area contributed by atoms with Crippen molar-refractivity contribution < 1.29 is 9.50 Å². The van der Waals surface area contributed by atoms with Crippen molar-refractivity contribution in [2.75, 3.05) is 11.4 Å². The maximum absolute atomic E-state index is 14.4. The Morgan fingerprint density at radius 1 is 1.20 bits per heavy atom. The van der Waals surface area contributed by atoms with Crippen molar-refractivity contribution in [3.05, 3.63) is 29.6 Å². The van der Waals surface area contributed by atoms with E-state index in [4.69, 9.17) is 0 Å². The van der Waals surface area contributed by atoms with Crippen LogP contribution in [-0.4, -0.2) is 17.7 Å². The molecule has 0 bridgehead atoms. The van der Waals surface area contributed by atoms with Gasteiger partial charge in [0.1, 0.15) is 5.82 Å². The third kappa shape index (κ3) is 2.56. The predicted octanol–water partition coefficient (Wildman–Crippen LogP) is 4.04. The molecule has 1 saturated heterocycles. The molecule has 2 atom stereocenters. The van der Waals surface area contributed by atoms with Gasteiger partial charge in [0.05, 0.1) is 11.8 Å². The summed E-state index contributed by atoms with van der Waals surface area (Å²) in [6.45, 7) is 2.64. The third-order valence-electron chi connectivity index (χ3n) is 5.01. The first-order valence-electron chi connectivity index (χ1n) is 7.91. The van der Waals surface area contributed by atoms with Crippen LogP contribution in [0.4, 0.5) is 10.1 Å². The van der Waals surface area contributed by atoms with Gasteiger partial charge in [-0.1, -0.05) is 18.9 Å². The quantitative estimate of drug-likeness (QED) is 0.901. The number of hydrogen-bond acceptors (Lipinski definition) is 2. The lowest BCUT2D eigenvalue weighted by Gasteiger charge is -2.31. The standard InChI is InChI=1S/C17H24FNO/c1-12(20)14-8-9-17(15(18)11-14)19-10-4-7-16(19)13-5-2-3-6-13/h8-9,11-13,16,20H,2-7,10H2,1H3. The molecule has 1 heterocycles. The van der Waals surface area contributed by atoms with Gasteiger partial charge < -0.3 is 10.0 Å². The molecule has 0 amide bonds. The highest BCUT2D eigenvalue weighted by atomic mass is 19.1. The first-order valence-corrected chi connectivity index (χ1v) is 7.91. The molecule has 1 N–H and O–H groups in total. The van der Waals surface area contributed by atoms with Crippen molar-refractivity contribution in [3.8, 4) is 0 Å². The van der Waals surface area contributed by atoms with Gasteiger partial charge in [0.15, 0.2) is 0 Å². The normalized spacial score (nSPS) is 25.4. The molecule has 2 nitrogen and oxygen atoms in total. The van der Waals surface area contributed by atoms with Gasteiger partial charge >= 0.3 is 0 Å². The number of hydrogen-bond donors (Lipinski definition) is 1. The molecule has 1 aromatic carbocycles. The van der Waals surface area contributed by atoms with E-state index in [1.54, 1.807) is 6.92 Å². The maximum Gasteiger partial charge on any atom is 0.146 e. The molecule has 1 aliphatic heterocycles. The van der Waals surface area contributed by atoms with E-state index in [1.165, 1.54) is 44.6 Å². The lowest BCUT2D eigenvalue weighted by Crippen LogP contribution is -2.35. The number of nitrogens with zero attached hydrogens (tertiary/aromatic N) is 1. The number of halogens is 1. The summed E-state index contributed by atoms with van der Waals surface area (Å²) < 4.78 is 14.4. The second kappa shape index (κ2) is 5.72. The fourth-order valence-electron chi connectivity index (χ4n) is 3.94. The minimum absolute atomic E-state index is 0.187. The van der Waals surface area contributed by atoms with E-state index in [9.17, 15) is 9.50 Å². The Morgan fingerprint density at radius 2 is 1.95 bits per heavy atom. The van der Waals surface area contributed by atoms with E-state index in [0.29, 0.717) is 11.6 Å². The van der Waals surface area contributed by atoms with Crippen LogP contribution in [0.25, 0.3) is 0 Å². The number of aliphatic hydroxyl groups excluding tert-OH is 1. The lowest BCUT2D eigenvalue weighted by molar-refractivity contribution is 0.199. The van der Waals surface area contributed by atoms with Gasteiger partial charge in [0, 0.05) is 12.6 Å². The first kappa shape index (κ1) is 13.9. The molecule has 2 fully saturated rings. The van der Waals surface area contributed by atoms with E-state index in [1.807, 2.05) is 12.1 Å². The van der Waals surface area contributed by atoms with Gasteiger partial charge in [-0.2, -0.15) is 0 Å². The Hall–Kier alpha value is -1.09. The zero-order valence-electron chi connectivity index (χ0n) is 12.2. The molecule has 0 spiro atoms. The van der Waals surface area contributed by atoms with Crippen LogP contribution in [0, 0.1) is 11.7 Å². The summed E-state index contributed by atoms with van der Waals surface area (Å²) in [7, 11) is 0. The van der Waals surface area contributed by atoms with Gasteiger partial charge in [-0.25, -0.2) is 4.39 Å². The second-order valence-corrected chi connectivity index (χ2v) is 6.33. The molecule has 0 aromatic heterocycles. The Kier molecular flexibility index (Phi) is 3.97. The molecule has 2 aliphatic rings. The van der Waals surface area contributed by atoms with Crippen LogP contribution < -0.4 is 4.90 Å². The number of anilines is 1. The van der Waals surface area contributed by atoms with E-state index < -0.39 is 6.10 Å². The Bertz CT molecular complexity index is 468. The van der Waals surface area contributed by atoms with E-state index in [-0.39, 0.29) is 5.82 Å². The van der Waals surface area contributed by atoms with Crippen LogP contribution in [0.1, 0.15) is 57.1 Å². The molecule has 1 aromatic rings. The van der Waals surface area contributed by atoms with Crippen LogP contribution >= 0.6 is 0 Å². The number of rotatable bonds is 3. The van der Waals surface area contributed by atoms with Crippen molar-refractivity contribution >= 4 is 5.69 Å². The van der Waals surface area contributed by atoms with Crippen molar-refractivity contribution in [2.45, 2.75) is 57.6 Å². The van der Waals surface area contributed by atoms with Gasteiger partial charge in [-0.05, 0) is 56.2 Å². The zero-order valence-corrected chi connectivity index (χ0v) is 12.2. The second-order valence-electron chi connectivity index (χ2n) is 6.33. The highest BCUT2D eigenvalue weighted by Crippen LogP contribution is 2.38. The summed E-state index contributed by atoms with van der Waals surface area (Å²) in [5.41, 5.74) is 1.38. The SMILES string of the molecule is CC(O)c1ccc(N2CCCC2C2CCCC2)c(F)c1. The van der Waals surface area contributed by atoms with Gasteiger partial charge in [0.2, 0.25) is 0 Å². The summed E-state index contributed by atoms with van der Waals surface area (Å²) in [6, 6.07) is 5.71. The predicted molar refractivity (Wildman–Crippen MR) is 79.4 cm³/mol. The Morgan fingerprint density at radius 3 is 2.60 bits per heavy atom. The highest BCUT2D eigenvalue weighted by molar-refractivity contribution is 5.51. The number of benzene rings is 1. The average molecular weight is 277 g/mol. The zero-order chi connectivity index (χ0) is 14.1. The van der Waals surface area contributed by atoms with E-state index in [2.05, 4.69) is 4.90 Å². The molecule has 20 heavy (non-hydrogen) atoms. The molecule has 110 valence electrons.